The summed E-state index contributed by atoms with van der Waals surface area (Å²) >= 11 is 0. The van der Waals surface area contributed by atoms with Crippen molar-refractivity contribution >= 4 is 35.0 Å². The number of benzene rings is 2. The van der Waals surface area contributed by atoms with Crippen LogP contribution in [-0.4, -0.2) is 34.9 Å². The van der Waals surface area contributed by atoms with Crippen molar-refractivity contribution in [2.24, 2.45) is 11.7 Å². The smallest absolute Gasteiger partial charge is 0.258 e. The van der Waals surface area contributed by atoms with Crippen LogP contribution in [0.15, 0.2) is 60.8 Å². The summed E-state index contributed by atoms with van der Waals surface area (Å²) in [5.41, 5.74) is 8.77. The second kappa shape index (κ2) is 11.7. The molecule has 2 aromatic carbocycles. The number of para-hydroxylation sites is 1. The summed E-state index contributed by atoms with van der Waals surface area (Å²) in [4.78, 5) is 35.5. The van der Waals surface area contributed by atoms with E-state index in [2.05, 4.69) is 29.5 Å². The minimum atomic E-state index is -0.272. The molecule has 2 amide bonds. The summed E-state index contributed by atoms with van der Waals surface area (Å²) in [5, 5.41) is 6.68. The fraction of sp³-hybridized carbons (Fsp3) is 0.357. The van der Waals surface area contributed by atoms with E-state index in [1.807, 2.05) is 48.7 Å². The van der Waals surface area contributed by atoms with Crippen LogP contribution in [0.4, 0.5) is 23.1 Å². The van der Waals surface area contributed by atoms with Crippen LogP contribution in [0, 0.1) is 5.92 Å². The van der Waals surface area contributed by atoms with Gasteiger partial charge in [0.05, 0.1) is 5.92 Å². The zero-order chi connectivity index (χ0) is 24.9. The number of nitrogens with one attached hydrogen (secondary N) is 2. The van der Waals surface area contributed by atoms with Crippen LogP contribution in [0.5, 0.6) is 0 Å². The maximum Gasteiger partial charge on any atom is 0.258 e. The van der Waals surface area contributed by atoms with E-state index in [0.29, 0.717) is 17.3 Å². The first-order chi connectivity index (χ1) is 16.8. The average Bonchev–Trinajstić information content (AvgIpc) is 3.32. The fourth-order valence-corrected chi connectivity index (χ4v) is 4.43. The number of rotatable bonds is 8. The Hall–Kier alpha value is -3.94. The largest absolute Gasteiger partial charge is 0.369 e. The van der Waals surface area contributed by atoms with Gasteiger partial charge in [0.1, 0.15) is 5.82 Å². The SMILES string of the molecule is C.CC(C)c1cnc(Nc2ccc(C(=O)N(C)c3ccccc3)cc2)nc1N[C@@H]1CCC[C@@H]1C(N)=O. The Morgan fingerprint density at radius 3 is 2.39 bits per heavy atom. The molecular formula is C28H36N6O2. The van der Waals surface area contributed by atoms with Crippen molar-refractivity contribution in [2.75, 3.05) is 22.6 Å². The third kappa shape index (κ3) is 6.00. The van der Waals surface area contributed by atoms with Crippen molar-refractivity contribution in [1.29, 1.82) is 0 Å². The van der Waals surface area contributed by atoms with Gasteiger partial charge in [-0.2, -0.15) is 4.98 Å². The van der Waals surface area contributed by atoms with Gasteiger partial charge >= 0.3 is 0 Å². The standard InChI is InChI=1S/C27H32N6O2.CH4/c1-17(2)22-16-29-27(32-25(22)31-23-11-7-10-21(23)24(28)34)30-19-14-12-18(13-15-19)26(35)33(3)20-8-5-4-6-9-20;/h4-6,8-9,12-17,21,23H,7,10-11H2,1-3H3,(H2,28,34)(H2,29,30,31,32);1H4/t21-,23+;/m0./s1. The number of amides is 2. The van der Waals surface area contributed by atoms with E-state index >= 15 is 0 Å². The van der Waals surface area contributed by atoms with Gasteiger partial charge in [0.2, 0.25) is 11.9 Å². The summed E-state index contributed by atoms with van der Waals surface area (Å²) < 4.78 is 0. The van der Waals surface area contributed by atoms with Crippen LogP contribution in [0.25, 0.3) is 0 Å². The summed E-state index contributed by atoms with van der Waals surface area (Å²) in [7, 11) is 1.76. The highest BCUT2D eigenvalue weighted by molar-refractivity contribution is 6.05. The number of anilines is 4. The zero-order valence-electron chi connectivity index (χ0n) is 20.4. The lowest BCUT2D eigenvalue weighted by atomic mass is 10.0. The van der Waals surface area contributed by atoms with Crippen LogP contribution in [-0.2, 0) is 4.79 Å². The van der Waals surface area contributed by atoms with Gasteiger partial charge < -0.3 is 21.3 Å². The lowest BCUT2D eigenvalue weighted by Crippen LogP contribution is -2.34. The first kappa shape index (κ1) is 26.7. The highest BCUT2D eigenvalue weighted by Crippen LogP contribution is 2.31. The molecule has 1 saturated carbocycles. The lowest BCUT2D eigenvalue weighted by Gasteiger charge is -2.22. The first-order valence-corrected chi connectivity index (χ1v) is 12.0. The van der Waals surface area contributed by atoms with Gasteiger partial charge in [0.25, 0.3) is 5.91 Å². The van der Waals surface area contributed by atoms with Crippen LogP contribution < -0.4 is 21.3 Å². The van der Waals surface area contributed by atoms with E-state index in [-0.39, 0.29) is 37.1 Å². The number of nitrogens with two attached hydrogens (primary N) is 1. The Balaban J connectivity index is 0.00000361. The number of hydrogen-bond donors (Lipinski definition) is 3. The van der Waals surface area contributed by atoms with Gasteiger partial charge in [-0.05, 0) is 55.2 Å². The summed E-state index contributed by atoms with van der Waals surface area (Å²) in [6.07, 6.45) is 4.45. The predicted molar refractivity (Wildman–Crippen MR) is 146 cm³/mol. The van der Waals surface area contributed by atoms with E-state index in [4.69, 9.17) is 10.7 Å². The quantitative estimate of drug-likeness (QED) is 0.395. The number of nitrogens with zero attached hydrogens (tertiary/aromatic N) is 3. The van der Waals surface area contributed by atoms with E-state index in [1.54, 1.807) is 24.1 Å². The molecule has 2 atom stereocenters. The molecule has 1 aliphatic rings. The van der Waals surface area contributed by atoms with Gasteiger partial charge in [-0.1, -0.05) is 45.9 Å². The summed E-state index contributed by atoms with van der Waals surface area (Å²) in [6.45, 7) is 4.17. The Morgan fingerprint density at radius 2 is 1.75 bits per heavy atom. The minimum absolute atomic E-state index is 0. The molecule has 1 aliphatic carbocycles. The molecule has 1 heterocycles. The van der Waals surface area contributed by atoms with Crippen LogP contribution in [0.1, 0.15) is 62.4 Å². The maximum atomic E-state index is 12.8. The zero-order valence-corrected chi connectivity index (χ0v) is 20.4. The van der Waals surface area contributed by atoms with Crippen molar-refractivity contribution < 1.29 is 9.59 Å². The average molecular weight is 489 g/mol. The fourth-order valence-electron chi connectivity index (χ4n) is 4.43. The Bertz CT molecular complexity index is 1180. The van der Waals surface area contributed by atoms with Crippen LogP contribution in [0.2, 0.25) is 0 Å². The molecule has 1 aromatic heterocycles. The van der Waals surface area contributed by atoms with Crippen molar-refractivity contribution in [3.63, 3.8) is 0 Å². The van der Waals surface area contributed by atoms with Crippen molar-refractivity contribution in [3.05, 3.63) is 71.9 Å². The van der Waals surface area contributed by atoms with Crippen LogP contribution in [0.3, 0.4) is 0 Å². The van der Waals surface area contributed by atoms with E-state index in [0.717, 1.165) is 36.2 Å². The maximum absolute atomic E-state index is 12.8. The molecule has 0 aliphatic heterocycles. The number of carbonyl (C=O) groups excluding carboxylic acids is 2. The molecule has 8 nitrogen and oxygen atoms in total. The van der Waals surface area contributed by atoms with Gasteiger partial charge in [0.15, 0.2) is 0 Å². The normalized spacial score (nSPS) is 16.8. The molecule has 0 bridgehead atoms. The molecule has 1 fully saturated rings. The molecule has 3 aromatic rings. The van der Waals surface area contributed by atoms with Crippen molar-refractivity contribution in [3.8, 4) is 0 Å². The molecule has 0 unspecified atom stereocenters. The number of carbonyl (C=O) groups is 2. The van der Waals surface area contributed by atoms with Crippen molar-refractivity contribution in [1.82, 2.24) is 9.97 Å². The van der Waals surface area contributed by atoms with E-state index in [1.165, 1.54) is 0 Å². The topological polar surface area (TPSA) is 113 Å². The van der Waals surface area contributed by atoms with E-state index < -0.39 is 0 Å². The second-order valence-corrected chi connectivity index (χ2v) is 9.24. The van der Waals surface area contributed by atoms with Gasteiger partial charge in [0, 0.05) is 41.8 Å². The second-order valence-electron chi connectivity index (χ2n) is 9.24. The number of hydrogen-bond acceptors (Lipinski definition) is 6. The number of primary amides is 1. The third-order valence-corrected chi connectivity index (χ3v) is 6.48. The van der Waals surface area contributed by atoms with Crippen LogP contribution >= 0.6 is 0 Å². The molecule has 8 heteroatoms. The molecule has 0 spiro atoms. The number of aromatic nitrogens is 2. The molecular weight excluding hydrogens is 452 g/mol. The monoisotopic (exact) mass is 488 g/mol. The molecule has 0 radical (unpaired) electrons. The Labute approximate surface area is 213 Å². The van der Waals surface area contributed by atoms with Crippen molar-refractivity contribution in [2.45, 2.75) is 52.5 Å². The third-order valence-electron chi connectivity index (χ3n) is 6.48. The molecule has 4 rings (SSSR count). The molecule has 36 heavy (non-hydrogen) atoms. The highest BCUT2D eigenvalue weighted by Gasteiger charge is 2.32. The first-order valence-electron chi connectivity index (χ1n) is 12.0. The highest BCUT2D eigenvalue weighted by atomic mass is 16.2. The molecule has 4 N–H and O–H groups in total. The predicted octanol–water partition coefficient (Wildman–Crippen LogP) is 5.32. The van der Waals surface area contributed by atoms with Gasteiger partial charge in [-0.15, -0.1) is 0 Å². The van der Waals surface area contributed by atoms with Gasteiger partial charge in [-0.25, -0.2) is 4.98 Å². The summed E-state index contributed by atoms with van der Waals surface area (Å²) in [5.74, 6) is 0.809. The lowest BCUT2D eigenvalue weighted by molar-refractivity contribution is -0.121. The molecule has 190 valence electrons. The Morgan fingerprint density at radius 1 is 1.06 bits per heavy atom. The van der Waals surface area contributed by atoms with Gasteiger partial charge in [-0.3, -0.25) is 9.59 Å². The molecule has 0 saturated heterocycles. The Kier molecular flexibility index (Phi) is 8.64. The van der Waals surface area contributed by atoms with E-state index in [9.17, 15) is 9.59 Å². The minimum Gasteiger partial charge on any atom is -0.369 e. The summed E-state index contributed by atoms with van der Waals surface area (Å²) in [6, 6.07) is 16.7.